The largest absolute Gasteiger partial charge is 0.497 e. The number of nitrogens with zero attached hydrogens (tertiary/aromatic N) is 2. The van der Waals surface area contributed by atoms with Crippen LogP contribution in [0.1, 0.15) is 12.5 Å². The van der Waals surface area contributed by atoms with Gasteiger partial charge in [0, 0.05) is 18.6 Å². The Morgan fingerprint density at radius 2 is 1.71 bits per heavy atom. The van der Waals surface area contributed by atoms with Gasteiger partial charge in [-0.1, -0.05) is 29.8 Å². The van der Waals surface area contributed by atoms with Crippen LogP contribution in [0.3, 0.4) is 0 Å². The van der Waals surface area contributed by atoms with Gasteiger partial charge in [0.05, 0.1) is 18.5 Å². The van der Waals surface area contributed by atoms with Gasteiger partial charge in [-0.3, -0.25) is 4.79 Å². The van der Waals surface area contributed by atoms with E-state index in [9.17, 15) is 4.79 Å². The first kappa shape index (κ1) is 15.8. The highest BCUT2D eigenvalue weighted by atomic mass is 16.5. The molecule has 0 radical (unpaired) electrons. The number of benzene rings is 2. The summed E-state index contributed by atoms with van der Waals surface area (Å²) >= 11 is 0. The molecule has 0 bridgehead atoms. The van der Waals surface area contributed by atoms with Gasteiger partial charge < -0.3 is 9.47 Å². The first-order valence-corrected chi connectivity index (χ1v) is 7.57. The summed E-state index contributed by atoms with van der Waals surface area (Å²) in [7, 11) is 1.62. The molecular formula is C19H18N2O3. The van der Waals surface area contributed by atoms with Gasteiger partial charge in [0.1, 0.15) is 5.75 Å². The molecule has 24 heavy (non-hydrogen) atoms. The maximum atomic E-state index is 11.2. The molecule has 3 rings (SSSR count). The summed E-state index contributed by atoms with van der Waals surface area (Å²) in [5, 5.41) is 4.41. The predicted molar refractivity (Wildman–Crippen MR) is 91.6 cm³/mol. The molecule has 0 unspecified atom stereocenters. The van der Waals surface area contributed by atoms with Gasteiger partial charge in [0.15, 0.2) is 0 Å². The molecule has 0 aliphatic heterocycles. The maximum Gasteiger partial charge on any atom is 0.309 e. The second kappa shape index (κ2) is 6.58. The Hall–Kier alpha value is -3.08. The number of hydrogen-bond donors (Lipinski definition) is 0. The molecule has 5 nitrogen and oxygen atoms in total. The number of methoxy groups -OCH3 is 1. The van der Waals surface area contributed by atoms with E-state index in [4.69, 9.17) is 9.47 Å². The summed E-state index contributed by atoms with van der Waals surface area (Å²) < 4.78 is 12.1. The van der Waals surface area contributed by atoms with Crippen LogP contribution < -0.4 is 9.47 Å². The molecule has 5 heteroatoms. The SMILES string of the molecule is COc1ccc(-n2nc(OC(C)=O)cc2-c2ccc(C)cc2)cc1. The lowest BCUT2D eigenvalue weighted by Crippen LogP contribution is -2.03. The zero-order chi connectivity index (χ0) is 17.1. The molecule has 0 fully saturated rings. The quantitative estimate of drug-likeness (QED) is 0.686. The lowest BCUT2D eigenvalue weighted by molar-refractivity contribution is -0.132. The van der Waals surface area contributed by atoms with Gasteiger partial charge in [0.25, 0.3) is 0 Å². The number of hydrogen-bond acceptors (Lipinski definition) is 4. The van der Waals surface area contributed by atoms with Crippen molar-refractivity contribution < 1.29 is 14.3 Å². The summed E-state index contributed by atoms with van der Waals surface area (Å²) in [4.78, 5) is 11.2. The molecule has 0 amide bonds. The van der Waals surface area contributed by atoms with E-state index < -0.39 is 5.97 Å². The van der Waals surface area contributed by atoms with Gasteiger partial charge in [-0.25, -0.2) is 4.68 Å². The second-order valence-corrected chi connectivity index (χ2v) is 5.44. The van der Waals surface area contributed by atoms with Crippen molar-refractivity contribution in [2.75, 3.05) is 7.11 Å². The fourth-order valence-electron chi connectivity index (χ4n) is 2.41. The zero-order valence-electron chi connectivity index (χ0n) is 13.8. The van der Waals surface area contributed by atoms with Crippen molar-refractivity contribution >= 4 is 5.97 Å². The number of aromatic nitrogens is 2. The Labute approximate surface area is 140 Å². The topological polar surface area (TPSA) is 53.4 Å². The Bertz CT molecular complexity index is 849. The fourth-order valence-corrected chi connectivity index (χ4v) is 2.41. The molecule has 1 aromatic heterocycles. The molecule has 0 aliphatic carbocycles. The van der Waals surface area contributed by atoms with Crippen molar-refractivity contribution in [1.82, 2.24) is 9.78 Å². The van der Waals surface area contributed by atoms with Crippen LogP contribution in [0.25, 0.3) is 16.9 Å². The van der Waals surface area contributed by atoms with Gasteiger partial charge in [-0.05, 0) is 31.2 Å². The minimum atomic E-state index is -0.398. The van der Waals surface area contributed by atoms with Crippen molar-refractivity contribution in [3.63, 3.8) is 0 Å². The van der Waals surface area contributed by atoms with Crippen LogP contribution in [0, 0.1) is 6.92 Å². The summed E-state index contributed by atoms with van der Waals surface area (Å²) in [5.41, 5.74) is 3.86. The molecule has 0 spiro atoms. The van der Waals surface area contributed by atoms with Crippen molar-refractivity contribution in [3.8, 4) is 28.6 Å². The first-order valence-electron chi connectivity index (χ1n) is 7.57. The summed E-state index contributed by atoms with van der Waals surface area (Å²) in [6, 6.07) is 17.4. The fraction of sp³-hybridized carbons (Fsp3) is 0.158. The molecule has 2 aromatic carbocycles. The van der Waals surface area contributed by atoms with Crippen LogP contribution in [-0.2, 0) is 4.79 Å². The number of carbonyl (C=O) groups is 1. The molecule has 0 aliphatic rings. The third-order valence-electron chi connectivity index (χ3n) is 3.60. The van der Waals surface area contributed by atoms with Gasteiger partial charge in [0.2, 0.25) is 5.88 Å². The van der Waals surface area contributed by atoms with Crippen molar-refractivity contribution in [1.29, 1.82) is 0 Å². The summed E-state index contributed by atoms with van der Waals surface area (Å²) in [6.45, 7) is 3.40. The lowest BCUT2D eigenvalue weighted by atomic mass is 10.1. The predicted octanol–water partition coefficient (Wildman–Crippen LogP) is 3.78. The third-order valence-corrected chi connectivity index (χ3v) is 3.60. The standard InChI is InChI=1S/C19H18N2O3/c1-13-4-6-15(7-5-13)18-12-19(24-14(2)22)20-21(18)16-8-10-17(23-3)11-9-16/h4-12H,1-3H3. The van der Waals surface area contributed by atoms with E-state index in [0.29, 0.717) is 0 Å². The van der Waals surface area contributed by atoms with E-state index in [-0.39, 0.29) is 5.88 Å². The summed E-state index contributed by atoms with van der Waals surface area (Å²) in [6.07, 6.45) is 0. The first-order chi connectivity index (χ1) is 11.6. The zero-order valence-corrected chi connectivity index (χ0v) is 13.8. The maximum absolute atomic E-state index is 11.2. The van der Waals surface area contributed by atoms with E-state index in [0.717, 1.165) is 22.7 Å². The van der Waals surface area contributed by atoms with E-state index in [1.165, 1.54) is 12.5 Å². The Balaban J connectivity index is 2.09. The van der Waals surface area contributed by atoms with Gasteiger partial charge >= 0.3 is 5.97 Å². The van der Waals surface area contributed by atoms with Crippen LogP contribution in [0.15, 0.2) is 54.6 Å². The number of aryl methyl sites for hydroxylation is 1. The highest BCUT2D eigenvalue weighted by Gasteiger charge is 2.14. The van der Waals surface area contributed by atoms with Crippen molar-refractivity contribution in [2.24, 2.45) is 0 Å². The molecule has 1 heterocycles. The number of carbonyl (C=O) groups excluding carboxylic acids is 1. The summed E-state index contributed by atoms with van der Waals surface area (Å²) in [5.74, 6) is 0.640. The molecule has 0 atom stereocenters. The molecule has 122 valence electrons. The normalized spacial score (nSPS) is 10.5. The van der Waals surface area contributed by atoms with Crippen molar-refractivity contribution in [3.05, 3.63) is 60.2 Å². The third kappa shape index (κ3) is 3.30. The van der Waals surface area contributed by atoms with E-state index >= 15 is 0 Å². The van der Waals surface area contributed by atoms with Crippen LogP contribution in [0.2, 0.25) is 0 Å². The van der Waals surface area contributed by atoms with Gasteiger partial charge in [-0.15, -0.1) is 5.10 Å². The van der Waals surface area contributed by atoms with Crippen LogP contribution in [0.4, 0.5) is 0 Å². The Kier molecular flexibility index (Phi) is 4.33. The average Bonchev–Trinajstić information content (AvgIpc) is 2.98. The van der Waals surface area contributed by atoms with Crippen LogP contribution >= 0.6 is 0 Å². The van der Waals surface area contributed by atoms with Crippen molar-refractivity contribution in [2.45, 2.75) is 13.8 Å². The smallest absolute Gasteiger partial charge is 0.309 e. The highest BCUT2D eigenvalue weighted by Crippen LogP contribution is 2.28. The lowest BCUT2D eigenvalue weighted by Gasteiger charge is -2.08. The molecule has 0 saturated heterocycles. The van der Waals surface area contributed by atoms with Crippen LogP contribution in [0.5, 0.6) is 11.6 Å². The van der Waals surface area contributed by atoms with Gasteiger partial charge in [-0.2, -0.15) is 0 Å². The van der Waals surface area contributed by atoms with E-state index in [1.54, 1.807) is 17.9 Å². The molecule has 0 N–H and O–H groups in total. The monoisotopic (exact) mass is 322 g/mol. The van der Waals surface area contributed by atoms with Crippen LogP contribution in [-0.4, -0.2) is 22.9 Å². The number of ether oxygens (including phenoxy) is 2. The Morgan fingerprint density at radius 1 is 1.04 bits per heavy atom. The molecule has 3 aromatic rings. The van der Waals surface area contributed by atoms with E-state index in [1.807, 2.05) is 55.5 Å². The Morgan fingerprint density at radius 3 is 2.29 bits per heavy atom. The minimum absolute atomic E-state index is 0.272. The number of esters is 1. The highest BCUT2D eigenvalue weighted by molar-refractivity contribution is 5.70. The molecular weight excluding hydrogens is 304 g/mol. The second-order valence-electron chi connectivity index (χ2n) is 5.44. The van der Waals surface area contributed by atoms with E-state index in [2.05, 4.69) is 5.10 Å². The minimum Gasteiger partial charge on any atom is -0.497 e. The molecule has 0 saturated carbocycles. The number of rotatable bonds is 4. The average molecular weight is 322 g/mol.